The van der Waals surface area contributed by atoms with E-state index in [0.717, 1.165) is 44.1 Å². The second kappa shape index (κ2) is 11.2. The number of carboxylic acid groups (broad SMARTS) is 1. The van der Waals surface area contributed by atoms with Crippen molar-refractivity contribution in [2.75, 3.05) is 6.54 Å². The largest absolute Gasteiger partial charge is 0.489 e. The van der Waals surface area contributed by atoms with Gasteiger partial charge in [-0.2, -0.15) is 0 Å². The summed E-state index contributed by atoms with van der Waals surface area (Å²) in [5, 5.41) is 13.8. The van der Waals surface area contributed by atoms with Gasteiger partial charge in [0.1, 0.15) is 12.4 Å². The lowest BCUT2D eigenvalue weighted by atomic mass is 9.70. The van der Waals surface area contributed by atoms with Crippen LogP contribution in [0, 0.1) is 0 Å². The molecule has 0 saturated heterocycles. The number of hydrogen-bond donors (Lipinski definition) is 1. The summed E-state index contributed by atoms with van der Waals surface area (Å²) < 4.78 is 6.67. The lowest BCUT2D eigenvalue weighted by molar-refractivity contribution is -0.137. The second-order valence-corrected chi connectivity index (χ2v) is 11.6. The number of carbonyl (C=O) groups excluding carboxylic acids is 2. The van der Waals surface area contributed by atoms with Crippen molar-refractivity contribution in [2.24, 2.45) is 0 Å². The molecule has 0 amide bonds. The number of allylic oxidation sites excluding steroid dienone is 4. The summed E-state index contributed by atoms with van der Waals surface area (Å²) in [6.07, 6.45) is 3.55. The molecule has 0 aromatic heterocycles. The van der Waals surface area contributed by atoms with E-state index in [1.54, 1.807) is 0 Å². The van der Waals surface area contributed by atoms with Crippen LogP contribution in [0.15, 0.2) is 101 Å². The zero-order valence-electron chi connectivity index (χ0n) is 24.0. The molecule has 0 fully saturated rings. The van der Waals surface area contributed by atoms with Crippen LogP contribution in [0.1, 0.15) is 62.0 Å². The Morgan fingerprint density at radius 1 is 0.744 bits per heavy atom. The average Bonchev–Trinajstić information content (AvgIpc) is 3.02. The summed E-state index contributed by atoms with van der Waals surface area (Å²) in [6.45, 7) is 0.587. The first kappa shape index (κ1) is 27.1. The van der Waals surface area contributed by atoms with Crippen molar-refractivity contribution < 1.29 is 24.2 Å². The third-order valence-corrected chi connectivity index (χ3v) is 9.12. The van der Waals surface area contributed by atoms with E-state index < -0.39 is 11.9 Å². The van der Waals surface area contributed by atoms with Crippen LogP contribution < -0.4 is 4.74 Å². The van der Waals surface area contributed by atoms with Gasteiger partial charge in [0.05, 0.1) is 6.42 Å². The van der Waals surface area contributed by atoms with Crippen LogP contribution in [0.25, 0.3) is 21.5 Å². The highest BCUT2D eigenvalue weighted by Gasteiger charge is 2.44. The van der Waals surface area contributed by atoms with E-state index in [0.29, 0.717) is 62.0 Å². The maximum atomic E-state index is 13.9. The molecule has 0 saturated carbocycles. The van der Waals surface area contributed by atoms with Crippen molar-refractivity contribution in [3.8, 4) is 5.75 Å². The summed E-state index contributed by atoms with van der Waals surface area (Å²) in [6, 6.07) is 26.5. The van der Waals surface area contributed by atoms with Gasteiger partial charge in [0.15, 0.2) is 11.6 Å². The Balaban J connectivity index is 1.42. The number of hydrogen-bond acceptors (Lipinski definition) is 5. The van der Waals surface area contributed by atoms with Gasteiger partial charge in [-0.3, -0.25) is 14.4 Å². The van der Waals surface area contributed by atoms with Gasteiger partial charge in [-0.1, -0.05) is 72.8 Å². The van der Waals surface area contributed by atoms with Crippen LogP contribution in [-0.4, -0.2) is 34.1 Å². The van der Waals surface area contributed by atoms with E-state index in [1.807, 2.05) is 59.5 Å². The molecule has 3 aliphatic rings. The molecule has 6 heteroatoms. The minimum absolute atomic E-state index is 0.0319. The molecular weight excluding hydrogens is 538 g/mol. The molecule has 0 spiro atoms. The molecule has 2 aliphatic carbocycles. The number of Topliss-reactive ketones (excluding diaryl/α,β-unsaturated/α-hetero) is 2. The van der Waals surface area contributed by atoms with E-state index in [2.05, 4.69) is 24.3 Å². The van der Waals surface area contributed by atoms with Gasteiger partial charge in [-0.05, 0) is 58.9 Å². The van der Waals surface area contributed by atoms with Crippen LogP contribution in [0.3, 0.4) is 0 Å². The van der Waals surface area contributed by atoms with Crippen LogP contribution in [0.2, 0.25) is 0 Å². The minimum Gasteiger partial charge on any atom is -0.489 e. The lowest BCUT2D eigenvalue weighted by Crippen LogP contribution is -2.40. The molecule has 0 unspecified atom stereocenters. The van der Waals surface area contributed by atoms with Crippen molar-refractivity contribution >= 4 is 39.1 Å². The van der Waals surface area contributed by atoms with Crippen molar-refractivity contribution in [1.82, 2.24) is 4.90 Å². The molecule has 0 bridgehead atoms. The number of ether oxygens (including phenoxy) is 1. The molecule has 6 nitrogen and oxygen atoms in total. The standard InChI is InChI=1S/C37H33NO5/c39-30-16-6-14-28-35(30)37(36-29(15-7-17-31(36)40)38(28)21-20-33(41)42)34-27-13-4-2-9-24(27)18-19-32(34)43-22-25-11-5-10-23-8-1-3-12-26(23)25/h1-5,8-13,18-19,37H,6-7,14-17,20-22H2,(H,41,42). The van der Waals surface area contributed by atoms with E-state index in [9.17, 15) is 19.5 Å². The molecule has 7 rings (SSSR count). The Kier molecular flexibility index (Phi) is 7.05. The lowest BCUT2D eigenvalue weighted by Gasteiger charge is -2.44. The number of nitrogens with zero attached hydrogens (tertiary/aromatic N) is 1. The smallest absolute Gasteiger partial charge is 0.305 e. The highest BCUT2D eigenvalue weighted by molar-refractivity contribution is 6.08. The van der Waals surface area contributed by atoms with Gasteiger partial charge in [-0.25, -0.2) is 0 Å². The third kappa shape index (κ3) is 4.81. The minimum atomic E-state index is -0.895. The fourth-order valence-corrected chi connectivity index (χ4v) is 7.26. The number of ketones is 2. The fourth-order valence-electron chi connectivity index (χ4n) is 7.26. The van der Waals surface area contributed by atoms with E-state index in [4.69, 9.17) is 4.74 Å². The third-order valence-electron chi connectivity index (χ3n) is 9.12. The first-order chi connectivity index (χ1) is 21.0. The number of aliphatic carboxylic acids is 1. The Labute approximate surface area is 250 Å². The zero-order valence-corrected chi connectivity index (χ0v) is 24.0. The van der Waals surface area contributed by atoms with Gasteiger partial charge in [0, 0.05) is 53.4 Å². The number of benzene rings is 4. The normalized spacial score (nSPS) is 17.4. The summed E-state index contributed by atoms with van der Waals surface area (Å²) >= 11 is 0. The molecule has 43 heavy (non-hydrogen) atoms. The van der Waals surface area contributed by atoms with Crippen molar-refractivity contribution in [1.29, 1.82) is 0 Å². The maximum Gasteiger partial charge on any atom is 0.305 e. The van der Waals surface area contributed by atoms with Crippen LogP contribution in [-0.2, 0) is 21.0 Å². The molecule has 0 atom stereocenters. The molecule has 0 radical (unpaired) electrons. The summed E-state index contributed by atoms with van der Waals surface area (Å²) in [5.41, 5.74) is 4.94. The molecule has 4 aromatic rings. The first-order valence-electron chi connectivity index (χ1n) is 15.1. The van der Waals surface area contributed by atoms with Gasteiger partial charge >= 0.3 is 5.97 Å². The number of fused-ring (bicyclic) bond motifs is 2. The quantitative estimate of drug-likeness (QED) is 0.248. The van der Waals surface area contributed by atoms with Crippen molar-refractivity contribution in [3.63, 3.8) is 0 Å². The zero-order chi connectivity index (χ0) is 29.5. The van der Waals surface area contributed by atoms with Gasteiger partial charge < -0.3 is 14.7 Å². The molecule has 1 aliphatic heterocycles. The van der Waals surface area contributed by atoms with Gasteiger partial charge in [0.2, 0.25) is 0 Å². The average molecular weight is 572 g/mol. The van der Waals surface area contributed by atoms with Crippen LogP contribution in [0.4, 0.5) is 0 Å². The van der Waals surface area contributed by atoms with Crippen LogP contribution in [0.5, 0.6) is 5.75 Å². The maximum absolute atomic E-state index is 13.9. The van der Waals surface area contributed by atoms with E-state index in [-0.39, 0.29) is 24.5 Å². The predicted molar refractivity (Wildman–Crippen MR) is 166 cm³/mol. The molecule has 1 heterocycles. The molecule has 1 N–H and O–H groups in total. The monoisotopic (exact) mass is 571 g/mol. The number of carbonyl (C=O) groups is 3. The van der Waals surface area contributed by atoms with Gasteiger partial charge in [-0.15, -0.1) is 0 Å². The summed E-state index contributed by atoms with van der Waals surface area (Å²) in [4.78, 5) is 41.4. The van der Waals surface area contributed by atoms with E-state index >= 15 is 0 Å². The highest BCUT2D eigenvalue weighted by Crippen LogP contribution is 2.52. The highest BCUT2D eigenvalue weighted by atomic mass is 16.5. The SMILES string of the molecule is O=C(O)CCN1C2=C(C(=O)CCC2)C(c2c(OCc3cccc4ccccc34)ccc3ccccc23)C2=C1CCCC2=O. The Morgan fingerprint density at radius 2 is 1.35 bits per heavy atom. The summed E-state index contributed by atoms with van der Waals surface area (Å²) in [5.74, 6) is -0.728. The Bertz CT molecular complexity index is 1820. The summed E-state index contributed by atoms with van der Waals surface area (Å²) in [7, 11) is 0. The first-order valence-corrected chi connectivity index (χ1v) is 15.1. The van der Waals surface area contributed by atoms with Crippen LogP contribution >= 0.6 is 0 Å². The molecular formula is C37H33NO5. The number of carboxylic acids is 1. The second-order valence-electron chi connectivity index (χ2n) is 11.6. The predicted octanol–water partition coefficient (Wildman–Crippen LogP) is 7.46. The number of rotatable bonds is 7. The van der Waals surface area contributed by atoms with E-state index in [1.165, 1.54) is 0 Å². The molecule has 4 aromatic carbocycles. The van der Waals surface area contributed by atoms with Gasteiger partial charge in [0.25, 0.3) is 0 Å². The Morgan fingerprint density at radius 3 is 2.02 bits per heavy atom. The van der Waals surface area contributed by atoms with Crippen molar-refractivity contribution in [2.45, 2.75) is 57.5 Å². The Hall–Kier alpha value is -4.71. The topological polar surface area (TPSA) is 83.9 Å². The van der Waals surface area contributed by atoms with Crippen molar-refractivity contribution in [3.05, 3.63) is 113 Å². The molecule has 216 valence electrons. The fraction of sp³-hybridized carbons (Fsp3) is 0.270.